The Balaban J connectivity index is 0.00000220. The van der Waals surface area contributed by atoms with Crippen molar-refractivity contribution in [3.63, 3.8) is 0 Å². The third-order valence-corrected chi connectivity index (χ3v) is 3.90. The summed E-state index contributed by atoms with van der Waals surface area (Å²) in [4.78, 5) is 14.0. The lowest BCUT2D eigenvalue weighted by atomic mass is 9.97. The van der Waals surface area contributed by atoms with Gasteiger partial charge in [0.05, 0.1) is 11.6 Å². The lowest BCUT2D eigenvalue weighted by molar-refractivity contribution is -0.135. The number of hydrogen-bond donors (Lipinski definition) is 1. The van der Waals surface area contributed by atoms with Crippen LogP contribution in [0.1, 0.15) is 12.8 Å². The summed E-state index contributed by atoms with van der Waals surface area (Å²) >= 11 is 6.01. The van der Waals surface area contributed by atoms with E-state index in [9.17, 15) is 4.79 Å². The van der Waals surface area contributed by atoms with Crippen molar-refractivity contribution in [2.75, 3.05) is 33.3 Å². The molecular formula is C15H22Cl2N2O2. The van der Waals surface area contributed by atoms with Crippen LogP contribution in [0.4, 0.5) is 0 Å². The van der Waals surface area contributed by atoms with Crippen LogP contribution in [0.25, 0.3) is 0 Å². The smallest absolute Gasteiger partial charge is 0.225 e. The molecule has 0 saturated carbocycles. The van der Waals surface area contributed by atoms with Gasteiger partial charge in [0, 0.05) is 13.0 Å². The van der Waals surface area contributed by atoms with E-state index in [0.29, 0.717) is 23.9 Å². The quantitative estimate of drug-likeness (QED) is 0.901. The minimum absolute atomic E-state index is 0. The zero-order valence-corrected chi connectivity index (χ0v) is 13.8. The number of hydrogen-bond acceptors (Lipinski definition) is 3. The van der Waals surface area contributed by atoms with E-state index < -0.39 is 0 Å². The molecule has 6 heteroatoms. The van der Waals surface area contributed by atoms with Crippen LogP contribution in [-0.4, -0.2) is 44.1 Å². The first-order valence-corrected chi connectivity index (χ1v) is 7.39. The highest BCUT2D eigenvalue weighted by molar-refractivity contribution is 6.32. The Kier molecular flexibility index (Phi) is 7.86. The Labute approximate surface area is 137 Å². The highest BCUT2D eigenvalue weighted by atomic mass is 35.5. The van der Waals surface area contributed by atoms with Crippen LogP contribution in [-0.2, 0) is 4.79 Å². The summed E-state index contributed by atoms with van der Waals surface area (Å²) in [5, 5.41) is 3.87. The average Bonchev–Trinajstić information content (AvgIpc) is 2.49. The number of carbonyl (C=O) groups is 1. The van der Waals surface area contributed by atoms with Crippen LogP contribution >= 0.6 is 24.0 Å². The third kappa shape index (κ3) is 5.38. The fourth-order valence-electron chi connectivity index (χ4n) is 2.35. The predicted molar refractivity (Wildman–Crippen MR) is 87.4 cm³/mol. The molecule has 2 rings (SSSR count). The Morgan fingerprint density at radius 3 is 2.71 bits per heavy atom. The molecule has 1 amide bonds. The first-order chi connectivity index (χ1) is 9.68. The van der Waals surface area contributed by atoms with Gasteiger partial charge < -0.3 is 15.0 Å². The molecule has 0 bridgehead atoms. The molecule has 1 aromatic carbocycles. The molecule has 1 saturated heterocycles. The van der Waals surface area contributed by atoms with Crippen LogP contribution in [0.2, 0.25) is 5.02 Å². The maximum absolute atomic E-state index is 12.2. The minimum Gasteiger partial charge on any atom is -0.490 e. The van der Waals surface area contributed by atoms with Gasteiger partial charge in [-0.3, -0.25) is 4.79 Å². The van der Waals surface area contributed by atoms with Crippen molar-refractivity contribution >= 4 is 29.9 Å². The first kappa shape index (κ1) is 18.1. The van der Waals surface area contributed by atoms with Crippen molar-refractivity contribution in [2.24, 2.45) is 5.92 Å². The maximum atomic E-state index is 12.2. The fraction of sp³-hybridized carbons (Fsp3) is 0.533. The van der Waals surface area contributed by atoms with E-state index in [1.807, 2.05) is 25.2 Å². The molecule has 0 aliphatic carbocycles. The molecule has 0 aromatic heterocycles. The van der Waals surface area contributed by atoms with E-state index in [2.05, 4.69) is 5.32 Å². The summed E-state index contributed by atoms with van der Waals surface area (Å²) in [6.45, 7) is 2.89. The van der Waals surface area contributed by atoms with Gasteiger partial charge in [-0.05, 0) is 38.1 Å². The summed E-state index contributed by atoms with van der Waals surface area (Å²) in [5.74, 6) is 1.03. The Bertz CT molecular complexity index is 451. The molecule has 0 atom stereocenters. The Morgan fingerprint density at radius 1 is 1.38 bits per heavy atom. The largest absolute Gasteiger partial charge is 0.490 e. The summed E-state index contributed by atoms with van der Waals surface area (Å²) < 4.78 is 5.61. The molecule has 1 N–H and O–H groups in total. The van der Waals surface area contributed by atoms with Gasteiger partial charge in [-0.2, -0.15) is 0 Å². The monoisotopic (exact) mass is 332 g/mol. The molecule has 1 aliphatic rings. The van der Waals surface area contributed by atoms with Crippen molar-refractivity contribution in [1.29, 1.82) is 0 Å². The molecule has 1 aromatic rings. The predicted octanol–water partition coefficient (Wildman–Crippen LogP) is 2.60. The van der Waals surface area contributed by atoms with E-state index in [0.717, 1.165) is 25.9 Å². The van der Waals surface area contributed by atoms with Gasteiger partial charge >= 0.3 is 0 Å². The maximum Gasteiger partial charge on any atom is 0.225 e. The molecule has 1 fully saturated rings. The molecular weight excluding hydrogens is 311 g/mol. The van der Waals surface area contributed by atoms with Crippen molar-refractivity contribution in [3.05, 3.63) is 29.3 Å². The third-order valence-electron chi connectivity index (χ3n) is 3.59. The number of ether oxygens (including phenoxy) is 1. The normalized spacial score (nSPS) is 15.1. The standard InChI is InChI=1S/C15H21ClN2O2.ClH/c1-18(15(19)12-6-8-17-9-7-12)10-11-20-14-5-3-2-4-13(14)16;/h2-5,12,17H,6-11H2,1H3;1H. The van der Waals surface area contributed by atoms with Crippen molar-refractivity contribution in [3.8, 4) is 5.75 Å². The number of rotatable bonds is 5. The van der Waals surface area contributed by atoms with Gasteiger partial charge in [0.1, 0.15) is 12.4 Å². The summed E-state index contributed by atoms with van der Waals surface area (Å²) in [6, 6.07) is 7.37. The lowest BCUT2D eigenvalue weighted by Crippen LogP contribution is -2.40. The Hall–Kier alpha value is -0.970. The summed E-state index contributed by atoms with van der Waals surface area (Å²) in [7, 11) is 1.83. The van der Waals surface area contributed by atoms with Gasteiger partial charge in [-0.25, -0.2) is 0 Å². The molecule has 1 heterocycles. The number of likely N-dealkylation sites (N-methyl/N-ethyl adjacent to an activating group) is 1. The minimum atomic E-state index is 0. The van der Waals surface area contributed by atoms with Gasteiger partial charge in [0.25, 0.3) is 0 Å². The van der Waals surface area contributed by atoms with Gasteiger partial charge in [-0.15, -0.1) is 12.4 Å². The molecule has 4 nitrogen and oxygen atoms in total. The number of piperidine rings is 1. The number of benzene rings is 1. The number of carbonyl (C=O) groups excluding carboxylic acids is 1. The van der Waals surface area contributed by atoms with Crippen LogP contribution in [0.5, 0.6) is 5.75 Å². The molecule has 0 spiro atoms. The van der Waals surface area contributed by atoms with E-state index >= 15 is 0 Å². The van der Waals surface area contributed by atoms with E-state index in [1.54, 1.807) is 11.0 Å². The molecule has 0 radical (unpaired) electrons. The SMILES string of the molecule is CN(CCOc1ccccc1Cl)C(=O)C1CCNCC1.Cl. The van der Waals surface area contributed by atoms with E-state index in [4.69, 9.17) is 16.3 Å². The molecule has 1 aliphatic heterocycles. The van der Waals surface area contributed by atoms with Crippen molar-refractivity contribution in [2.45, 2.75) is 12.8 Å². The topological polar surface area (TPSA) is 41.6 Å². The number of nitrogens with zero attached hydrogens (tertiary/aromatic N) is 1. The lowest BCUT2D eigenvalue weighted by Gasteiger charge is -2.26. The second-order valence-electron chi connectivity index (χ2n) is 5.06. The highest BCUT2D eigenvalue weighted by Crippen LogP contribution is 2.23. The van der Waals surface area contributed by atoms with Crippen LogP contribution < -0.4 is 10.1 Å². The second-order valence-corrected chi connectivity index (χ2v) is 5.47. The number of para-hydroxylation sites is 1. The van der Waals surface area contributed by atoms with Crippen LogP contribution in [0.3, 0.4) is 0 Å². The zero-order chi connectivity index (χ0) is 14.4. The van der Waals surface area contributed by atoms with Gasteiger partial charge in [0.15, 0.2) is 0 Å². The average molecular weight is 333 g/mol. The molecule has 118 valence electrons. The number of nitrogens with one attached hydrogen (secondary N) is 1. The van der Waals surface area contributed by atoms with E-state index in [1.165, 1.54) is 0 Å². The summed E-state index contributed by atoms with van der Waals surface area (Å²) in [6.07, 6.45) is 1.85. The van der Waals surface area contributed by atoms with Crippen LogP contribution in [0, 0.1) is 5.92 Å². The van der Waals surface area contributed by atoms with Crippen LogP contribution in [0.15, 0.2) is 24.3 Å². The first-order valence-electron chi connectivity index (χ1n) is 7.01. The summed E-state index contributed by atoms with van der Waals surface area (Å²) in [5.41, 5.74) is 0. The highest BCUT2D eigenvalue weighted by Gasteiger charge is 2.23. The molecule has 21 heavy (non-hydrogen) atoms. The van der Waals surface area contributed by atoms with Gasteiger partial charge in [0.2, 0.25) is 5.91 Å². The number of amides is 1. The van der Waals surface area contributed by atoms with Crippen molar-refractivity contribution in [1.82, 2.24) is 10.2 Å². The Morgan fingerprint density at radius 2 is 2.05 bits per heavy atom. The van der Waals surface area contributed by atoms with Crippen molar-refractivity contribution < 1.29 is 9.53 Å². The van der Waals surface area contributed by atoms with E-state index in [-0.39, 0.29) is 24.2 Å². The molecule has 0 unspecified atom stereocenters. The zero-order valence-electron chi connectivity index (χ0n) is 12.2. The second kappa shape index (κ2) is 9.13. The number of halogens is 2. The fourth-order valence-corrected chi connectivity index (χ4v) is 2.54. The van der Waals surface area contributed by atoms with Gasteiger partial charge in [-0.1, -0.05) is 23.7 Å².